The molecule has 1 N–H and O–H groups in total. The van der Waals surface area contributed by atoms with E-state index in [1.807, 2.05) is 45.0 Å². The van der Waals surface area contributed by atoms with Gasteiger partial charge in [0, 0.05) is 19.3 Å². The van der Waals surface area contributed by atoms with Crippen LogP contribution >= 0.6 is 0 Å². The van der Waals surface area contributed by atoms with E-state index < -0.39 is 23.3 Å². The van der Waals surface area contributed by atoms with Gasteiger partial charge < -0.3 is 9.84 Å². The van der Waals surface area contributed by atoms with Crippen LogP contribution in [0.1, 0.15) is 49.6 Å². The Hall–Kier alpha value is -4.00. The zero-order chi connectivity index (χ0) is 27.5. The van der Waals surface area contributed by atoms with Crippen LogP contribution in [0.5, 0.6) is 0 Å². The predicted octanol–water partition coefficient (Wildman–Crippen LogP) is 6.11. The van der Waals surface area contributed by atoms with Crippen molar-refractivity contribution in [2.24, 2.45) is 0 Å². The Morgan fingerprint density at radius 1 is 0.872 bits per heavy atom. The number of rotatable bonds is 5. The molecule has 0 bridgehead atoms. The van der Waals surface area contributed by atoms with Crippen molar-refractivity contribution in [3.63, 3.8) is 0 Å². The number of likely N-dealkylation sites (tertiary alicyclic amines) is 1. The number of aliphatic hydroxyl groups excluding tert-OH is 1. The molecule has 1 atom stereocenters. The molecule has 6 nitrogen and oxygen atoms in total. The van der Waals surface area contributed by atoms with Crippen molar-refractivity contribution in [3.8, 4) is 0 Å². The van der Waals surface area contributed by atoms with Crippen LogP contribution in [0.25, 0.3) is 6.08 Å². The van der Waals surface area contributed by atoms with Crippen molar-refractivity contribution >= 4 is 12.2 Å². The molecule has 6 heteroatoms. The van der Waals surface area contributed by atoms with Gasteiger partial charge in [0.05, 0.1) is 17.3 Å². The molecule has 1 aliphatic rings. The summed E-state index contributed by atoms with van der Waals surface area (Å²) >= 11 is 0. The second-order valence-corrected chi connectivity index (χ2v) is 10.9. The molecule has 2 heterocycles. The SMILES string of the molecule is CC(C)(C)OC(=O)n1ccc(/C=C2/CN(C(c3ccccc3)(c3ccccc3)c3ccccc3)CCC2O)n1. The van der Waals surface area contributed by atoms with Crippen LogP contribution < -0.4 is 0 Å². The van der Waals surface area contributed by atoms with E-state index in [1.54, 1.807) is 12.3 Å². The molecule has 1 aromatic heterocycles. The van der Waals surface area contributed by atoms with Crippen LogP contribution in [0.3, 0.4) is 0 Å². The van der Waals surface area contributed by atoms with Gasteiger partial charge in [0.2, 0.25) is 0 Å². The van der Waals surface area contributed by atoms with E-state index in [-0.39, 0.29) is 0 Å². The normalized spacial score (nSPS) is 17.7. The third-order valence-electron chi connectivity index (χ3n) is 7.05. The molecule has 0 spiro atoms. The van der Waals surface area contributed by atoms with Crippen molar-refractivity contribution in [2.45, 2.75) is 44.4 Å². The number of nitrogens with zero attached hydrogens (tertiary/aromatic N) is 3. The minimum absolute atomic E-state index is 0.527. The molecule has 1 fully saturated rings. The van der Waals surface area contributed by atoms with Gasteiger partial charge in [-0.3, -0.25) is 4.90 Å². The fourth-order valence-electron chi connectivity index (χ4n) is 5.40. The average molecular weight is 522 g/mol. The van der Waals surface area contributed by atoms with Gasteiger partial charge in [-0.05, 0) is 61.6 Å². The number of benzene rings is 3. The minimum atomic E-state index is -0.614. The van der Waals surface area contributed by atoms with Crippen LogP contribution in [-0.4, -0.2) is 50.7 Å². The Bertz CT molecular complexity index is 1330. The highest BCUT2D eigenvalue weighted by Gasteiger charge is 2.44. The van der Waals surface area contributed by atoms with Gasteiger partial charge in [-0.15, -0.1) is 0 Å². The molecule has 4 aromatic rings. The van der Waals surface area contributed by atoms with Gasteiger partial charge in [-0.1, -0.05) is 91.0 Å². The zero-order valence-corrected chi connectivity index (χ0v) is 22.7. The van der Waals surface area contributed by atoms with Crippen molar-refractivity contribution in [1.29, 1.82) is 0 Å². The topological polar surface area (TPSA) is 67.6 Å². The second kappa shape index (κ2) is 11.0. The second-order valence-electron chi connectivity index (χ2n) is 10.9. The van der Waals surface area contributed by atoms with Crippen LogP contribution in [0.15, 0.2) is 109 Å². The minimum Gasteiger partial charge on any atom is -0.442 e. The van der Waals surface area contributed by atoms with E-state index in [4.69, 9.17) is 4.74 Å². The van der Waals surface area contributed by atoms with Gasteiger partial charge in [0.25, 0.3) is 0 Å². The molecule has 0 aliphatic carbocycles. The van der Waals surface area contributed by atoms with Crippen LogP contribution in [0, 0.1) is 0 Å². The Morgan fingerprint density at radius 2 is 1.38 bits per heavy atom. The smallest absolute Gasteiger partial charge is 0.435 e. The first-order valence-corrected chi connectivity index (χ1v) is 13.4. The van der Waals surface area contributed by atoms with E-state index in [9.17, 15) is 9.90 Å². The first kappa shape index (κ1) is 26.6. The van der Waals surface area contributed by atoms with Gasteiger partial charge >= 0.3 is 6.09 Å². The predicted molar refractivity (Wildman–Crippen MR) is 153 cm³/mol. The van der Waals surface area contributed by atoms with E-state index in [0.29, 0.717) is 25.2 Å². The number of hydrogen-bond acceptors (Lipinski definition) is 5. The lowest BCUT2D eigenvalue weighted by atomic mass is 9.74. The largest absolute Gasteiger partial charge is 0.442 e. The van der Waals surface area contributed by atoms with E-state index in [2.05, 4.69) is 82.8 Å². The Labute approximate surface area is 230 Å². The highest BCUT2D eigenvalue weighted by Crippen LogP contribution is 2.44. The van der Waals surface area contributed by atoms with Gasteiger partial charge in [-0.25, -0.2) is 4.79 Å². The molecule has 1 unspecified atom stereocenters. The summed E-state index contributed by atoms with van der Waals surface area (Å²) in [6.07, 6.45) is 2.92. The lowest BCUT2D eigenvalue weighted by Gasteiger charge is -2.48. The summed E-state index contributed by atoms with van der Waals surface area (Å²) in [7, 11) is 0. The van der Waals surface area contributed by atoms with Crippen LogP contribution in [0.4, 0.5) is 4.79 Å². The molecule has 39 heavy (non-hydrogen) atoms. The molecule has 200 valence electrons. The van der Waals surface area contributed by atoms with Crippen molar-refractivity contribution in [2.75, 3.05) is 13.1 Å². The third-order valence-corrected chi connectivity index (χ3v) is 7.05. The number of carbonyl (C=O) groups excluding carboxylic acids is 1. The lowest BCUT2D eigenvalue weighted by Crippen LogP contribution is -2.52. The zero-order valence-electron chi connectivity index (χ0n) is 22.7. The average Bonchev–Trinajstić information content (AvgIpc) is 3.41. The summed E-state index contributed by atoms with van der Waals surface area (Å²) in [5, 5.41) is 15.5. The van der Waals surface area contributed by atoms with Crippen molar-refractivity contribution in [3.05, 3.63) is 131 Å². The summed E-state index contributed by atoms with van der Waals surface area (Å²) < 4.78 is 6.64. The summed E-state index contributed by atoms with van der Waals surface area (Å²) in [4.78, 5) is 14.9. The first-order valence-electron chi connectivity index (χ1n) is 13.4. The maximum Gasteiger partial charge on any atom is 0.435 e. The van der Waals surface area contributed by atoms with Crippen LogP contribution in [0.2, 0.25) is 0 Å². The van der Waals surface area contributed by atoms with Gasteiger partial charge in [-0.2, -0.15) is 9.78 Å². The third kappa shape index (κ3) is 5.58. The van der Waals surface area contributed by atoms with Crippen molar-refractivity contribution < 1.29 is 14.6 Å². The molecule has 3 aromatic carbocycles. The van der Waals surface area contributed by atoms with Crippen molar-refractivity contribution in [1.82, 2.24) is 14.7 Å². The highest BCUT2D eigenvalue weighted by molar-refractivity contribution is 5.70. The molecule has 5 rings (SSSR count). The maximum atomic E-state index is 12.5. The van der Waals surface area contributed by atoms with E-state index in [1.165, 1.54) is 4.68 Å². The van der Waals surface area contributed by atoms with E-state index >= 15 is 0 Å². The molecule has 1 saturated heterocycles. The van der Waals surface area contributed by atoms with Gasteiger partial charge in [0.1, 0.15) is 5.60 Å². The number of aliphatic hydroxyl groups is 1. The molecule has 0 saturated carbocycles. The maximum absolute atomic E-state index is 12.5. The molecular formula is C33H35N3O3. The number of aromatic nitrogens is 2. The quantitative estimate of drug-likeness (QED) is 0.321. The monoisotopic (exact) mass is 521 g/mol. The number of ether oxygens (including phenoxy) is 1. The first-order chi connectivity index (χ1) is 18.8. The van der Waals surface area contributed by atoms with Gasteiger partial charge in [0.15, 0.2) is 0 Å². The summed E-state index contributed by atoms with van der Waals surface area (Å²) in [6.45, 7) is 6.69. The molecular weight excluding hydrogens is 486 g/mol. The Balaban J connectivity index is 1.57. The fourth-order valence-corrected chi connectivity index (χ4v) is 5.40. The van der Waals surface area contributed by atoms with E-state index in [0.717, 1.165) is 22.3 Å². The lowest BCUT2D eigenvalue weighted by molar-refractivity contribution is 0.0514. The Morgan fingerprint density at radius 3 is 1.87 bits per heavy atom. The molecule has 1 aliphatic heterocycles. The summed E-state index contributed by atoms with van der Waals surface area (Å²) in [5.41, 5.74) is 3.74. The number of hydrogen-bond donors (Lipinski definition) is 1. The molecule has 0 radical (unpaired) electrons. The number of piperidine rings is 1. The Kier molecular flexibility index (Phi) is 7.51. The summed E-state index contributed by atoms with van der Waals surface area (Å²) in [6, 6.07) is 33.4. The molecule has 0 amide bonds. The highest BCUT2D eigenvalue weighted by atomic mass is 16.6. The summed E-state index contributed by atoms with van der Waals surface area (Å²) in [5.74, 6) is 0. The number of carbonyl (C=O) groups is 1. The standard InChI is InChI=1S/C33H35N3O3/c1-32(2,3)39-31(38)36-22-19-29(34-36)23-25-24-35(21-20-30(25)37)33(26-13-7-4-8-14-26,27-15-9-5-10-16-27)28-17-11-6-12-18-28/h4-19,22-23,30,37H,20-21,24H2,1-3H3/b25-23-. The fraction of sp³-hybridized carbons (Fsp3) is 0.273. The van der Waals surface area contributed by atoms with Crippen LogP contribution in [-0.2, 0) is 10.3 Å².